The summed E-state index contributed by atoms with van der Waals surface area (Å²) in [5.74, 6) is -0.923. The molecule has 1 N–H and O–H groups in total. The second-order valence-electron chi connectivity index (χ2n) is 4.84. The average molecular weight is 382 g/mol. The largest absolute Gasteiger partial charge is 0.501 e. The second-order valence-corrected chi connectivity index (χ2v) is 5.21. The molecule has 0 saturated carbocycles. The fourth-order valence-electron chi connectivity index (χ4n) is 1.90. The molecule has 1 amide bonds. The highest BCUT2D eigenvalue weighted by Gasteiger charge is 2.13. The normalized spacial score (nSPS) is 10.7. The fraction of sp³-hybridized carbons (Fsp3) is 0.278. The number of anilines is 1. The zero-order valence-electron chi connectivity index (χ0n) is 14.5. The van der Waals surface area contributed by atoms with Crippen molar-refractivity contribution in [3.63, 3.8) is 0 Å². The molecule has 0 unspecified atom stereocenters. The molecule has 140 valence electrons. The lowest BCUT2D eigenvalue weighted by Crippen LogP contribution is -2.12. The number of methoxy groups -OCH3 is 1. The van der Waals surface area contributed by atoms with Crippen molar-refractivity contribution in [1.29, 1.82) is 0 Å². The summed E-state index contributed by atoms with van der Waals surface area (Å²) in [7, 11) is 1.27. The quantitative estimate of drug-likeness (QED) is 0.220. The first-order chi connectivity index (χ1) is 12.5. The van der Waals surface area contributed by atoms with Gasteiger partial charge in [0.2, 0.25) is 5.24 Å². The lowest BCUT2D eigenvalue weighted by atomic mass is 10.0. The molecule has 1 aromatic rings. The number of allylic oxidation sites excluding steroid dienone is 1. The van der Waals surface area contributed by atoms with Crippen LogP contribution >= 0.6 is 11.6 Å². The minimum Gasteiger partial charge on any atom is -0.501 e. The van der Waals surface area contributed by atoms with Gasteiger partial charge in [-0.1, -0.05) is 6.07 Å². The van der Waals surface area contributed by atoms with E-state index < -0.39 is 11.2 Å². The van der Waals surface area contributed by atoms with Gasteiger partial charge in [0.15, 0.2) is 0 Å². The van der Waals surface area contributed by atoms with Crippen LogP contribution in [0.25, 0.3) is 0 Å². The van der Waals surface area contributed by atoms with Gasteiger partial charge in [-0.25, -0.2) is 4.79 Å². The third-order valence-electron chi connectivity index (χ3n) is 3.05. The van der Waals surface area contributed by atoms with Crippen molar-refractivity contribution in [2.75, 3.05) is 25.6 Å². The summed E-state index contributed by atoms with van der Waals surface area (Å²) in [6.45, 7) is 2.49. The van der Waals surface area contributed by atoms with Crippen LogP contribution in [-0.4, -0.2) is 37.4 Å². The number of carbonyl (C=O) groups excluding carboxylic acids is 3. The van der Waals surface area contributed by atoms with Crippen molar-refractivity contribution < 1.29 is 28.6 Å². The van der Waals surface area contributed by atoms with E-state index in [0.717, 1.165) is 6.08 Å². The highest BCUT2D eigenvalue weighted by atomic mass is 35.5. The highest BCUT2D eigenvalue weighted by Crippen LogP contribution is 2.18. The van der Waals surface area contributed by atoms with Crippen LogP contribution in [0.1, 0.15) is 22.8 Å². The number of benzene rings is 1. The average Bonchev–Trinajstić information content (AvgIpc) is 2.61. The molecule has 0 heterocycles. The number of hydrogen-bond acceptors (Lipinski definition) is 6. The molecular weight excluding hydrogens is 362 g/mol. The third kappa shape index (κ3) is 7.85. The minimum atomic E-state index is -0.640. The van der Waals surface area contributed by atoms with Gasteiger partial charge in [0.1, 0.15) is 0 Å². The lowest BCUT2D eigenvalue weighted by Gasteiger charge is -2.11. The van der Waals surface area contributed by atoms with Crippen LogP contribution in [0.4, 0.5) is 5.69 Å². The van der Waals surface area contributed by atoms with Crippen LogP contribution in [0.2, 0.25) is 0 Å². The lowest BCUT2D eigenvalue weighted by molar-refractivity contribution is -0.112. The van der Waals surface area contributed by atoms with Crippen molar-refractivity contribution in [3.8, 4) is 0 Å². The Morgan fingerprint density at radius 3 is 2.54 bits per heavy atom. The van der Waals surface area contributed by atoms with E-state index in [0.29, 0.717) is 29.8 Å². The maximum Gasteiger partial charge on any atom is 0.338 e. The Labute approximate surface area is 156 Å². The summed E-state index contributed by atoms with van der Waals surface area (Å²) in [4.78, 5) is 34.3. The number of amides is 1. The van der Waals surface area contributed by atoms with Gasteiger partial charge in [0.05, 0.1) is 38.4 Å². The van der Waals surface area contributed by atoms with Crippen molar-refractivity contribution in [2.24, 2.45) is 0 Å². The molecule has 0 atom stereocenters. The molecule has 0 radical (unpaired) electrons. The molecule has 26 heavy (non-hydrogen) atoms. The first-order valence-corrected chi connectivity index (χ1v) is 8.13. The van der Waals surface area contributed by atoms with Gasteiger partial charge in [-0.3, -0.25) is 9.59 Å². The van der Waals surface area contributed by atoms with E-state index in [4.69, 9.17) is 25.8 Å². The Morgan fingerprint density at radius 1 is 1.15 bits per heavy atom. The standard InChI is InChI=1S/C18H20ClNO6/c1-3-25-11-8-17(22)20-14-5-4-13(15(12-14)18(23)24-2)6-9-26-10-7-16(19)21/h4-5,7-8,10-12H,3,6,9H2,1-2H3,(H,20,22)/b10-7+,11-8+. The predicted octanol–water partition coefficient (Wildman–Crippen LogP) is 2.80. The van der Waals surface area contributed by atoms with Gasteiger partial charge in [-0.15, -0.1) is 0 Å². The molecule has 0 fully saturated rings. The zero-order valence-corrected chi connectivity index (χ0v) is 15.2. The molecule has 0 bridgehead atoms. The summed E-state index contributed by atoms with van der Waals surface area (Å²) < 4.78 is 14.9. The van der Waals surface area contributed by atoms with Crippen molar-refractivity contribution >= 4 is 34.4 Å². The van der Waals surface area contributed by atoms with Gasteiger partial charge in [0.25, 0.3) is 5.91 Å². The second kappa shape index (κ2) is 11.7. The highest BCUT2D eigenvalue weighted by molar-refractivity contribution is 6.66. The van der Waals surface area contributed by atoms with E-state index in [2.05, 4.69) is 5.32 Å². The molecular formula is C18H20ClNO6. The monoisotopic (exact) mass is 381 g/mol. The topological polar surface area (TPSA) is 90.9 Å². The number of esters is 1. The Balaban J connectivity index is 2.81. The predicted molar refractivity (Wildman–Crippen MR) is 96.8 cm³/mol. The molecule has 1 rings (SSSR count). The summed E-state index contributed by atoms with van der Waals surface area (Å²) in [5.41, 5.74) is 1.42. The van der Waals surface area contributed by atoms with Gasteiger partial charge in [0, 0.05) is 24.3 Å². The Morgan fingerprint density at radius 2 is 1.88 bits per heavy atom. The minimum absolute atomic E-state index is 0.230. The number of ether oxygens (including phenoxy) is 3. The van der Waals surface area contributed by atoms with E-state index in [1.165, 1.54) is 31.8 Å². The van der Waals surface area contributed by atoms with Gasteiger partial charge < -0.3 is 19.5 Å². The fourth-order valence-corrected chi connectivity index (χ4v) is 1.95. The van der Waals surface area contributed by atoms with Crippen LogP contribution in [0, 0.1) is 0 Å². The molecule has 8 heteroatoms. The summed E-state index contributed by atoms with van der Waals surface area (Å²) in [6.07, 6.45) is 5.20. The first kappa shape index (κ1) is 21.2. The summed E-state index contributed by atoms with van der Waals surface area (Å²) >= 11 is 5.14. The molecule has 0 aliphatic rings. The molecule has 0 aromatic heterocycles. The molecule has 0 saturated heterocycles. The molecule has 7 nitrogen and oxygen atoms in total. The van der Waals surface area contributed by atoms with E-state index in [1.54, 1.807) is 19.1 Å². The van der Waals surface area contributed by atoms with Crippen LogP contribution in [0.15, 0.2) is 42.9 Å². The van der Waals surface area contributed by atoms with Crippen molar-refractivity contribution in [3.05, 3.63) is 54.0 Å². The van der Waals surface area contributed by atoms with E-state index in [1.807, 2.05) is 0 Å². The number of carbonyl (C=O) groups is 3. The Bertz CT molecular complexity index is 699. The maximum absolute atomic E-state index is 12.0. The summed E-state index contributed by atoms with van der Waals surface area (Å²) in [5, 5.41) is 1.99. The first-order valence-electron chi connectivity index (χ1n) is 7.76. The van der Waals surface area contributed by atoms with E-state index >= 15 is 0 Å². The zero-order chi connectivity index (χ0) is 19.4. The van der Waals surface area contributed by atoms with Gasteiger partial charge >= 0.3 is 5.97 Å². The third-order valence-corrected chi connectivity index (χ3v) is 3.18. The number of nitrogens with one attached hydrogen (secondary N) is 1. The van der Waals surface area contributed by atoms with Crippen LogP contribution in [0.5, 0.6) is 0 Å². The molecule has 1 aromatic carbocycles. The maximum atomic E-state index is 12.0. The molecule has 0 spiro atoms. The summed E-state index contributed by atoms with van der Waals surface area (Å²) in [6, 6.07) is 4.87. The smallest absolute Gasteiger partial charge is 0.338 e. The van der Waals surface area contributed by atoms with Crippen LogP contribution < -0.4 is 5.32 Å². The van der Waals surface area contributed by atoms with E-state index in [9.17, 15) is 14.4 Å². The Hall–Kier alpha value is -2.80. The SMILES string of the molecule is CCO/C=C/C(=O)Nc1ccc(CCO/C=C/C(=O)Cl)c(C(=O)OC)c1. The van der Waals surface area contributed by atoms with Crippen LogP contribution in [0.3, 0.4) is 0 Å². The molecule has 0 aliphatic heterocycles. The Kier molecular flexibility index (Phi) is 9.56. The van der Waals surface area contributed by atoms with Crippen molar-refractivity contribution in [1.82, 2.24) is 0 Å². The van der Waals surface area contributed by atoms with Gasteiger partial charge in [-0.05, 0) is 36.2 Å². The van der Waals surface area contributed by atoms with E-state index in [-0.39, 0.29) is 12.5 Å². The number of halogens is 1. The van der Waals surface area contributed by atoms with Gasteiger partial charge in [-0.2, -0.15) is 0 Å². The molecule has 0 aliphatic carbocycles. The number of rotatable bonds is 10. The van der Waals surface area contributed by atoms with Crippen molar-refractivity contribution in [2.45, 2.75) is 13.3 Å². The number of hydrogen-bond donors (Lipinski definition) is 1. The van der Waals surface area contributed by atoms with Crippen LogP contribution in [-0.2, 0) is 30.2 Å².